The van der Waals surface area contributed by atoms with Crippen molar-refractivity contribution in [1.82, 2.24) is 9.97 Å². The summed E-state index contributed by atoms with van der Waals surface area (Å²) in [6, 6.07) is 0.162. The van der Waals surface area contributed by atoms with Gasteiger partial charge in [-0.3, -0.25) is 0 Å². The SMILES string of the molecule is CO[14c]1ncc(C(=O)O)cn1. The van der Waals surface area contributed by atoms with E-state index >= 15 is 0 Å². The highest BCUT2D eigenvalue weighted by Gasteiger charge is 2.02. The fraction of sp³-hybridized carbons (Fsp3) is 0.167. The molecule has 11 heavy (non-hydrogen) atoms. The van der Waals surface area contributed by atoms with Gasteiger partial charge in [0.1, 0.15) is 0 Å². The van der Waals surface area contributed by atoms with E-state index in [1.165, 1.54) is 19.5 Å². The lowest BCUT2D eigenvalue weighted by molar-refractivity contribution is 0.0696. The predicted octanol–water partition coefficient (Wildman–Crippen LogP) is 0.183. The Balaban J connectivity index is 2.91. The highest BCUT2D eigenvalue weighted by atomic mass is 16.7. The minimum atomic E-state index is -1.05. The number of methoxy groups -OCH3 is 1. The maximum atomic E-state index is 10.3. The molecule has 0 unspecified atom stereocenters. The summed E-state index contributed by atoms with van der Waals surface area (Å²) < 4.78 is 4.63. The second-order valence-electron chi connectivity index (χ2n) is 1.76. The molecule has 0 bridgehead atoms. The average Bonchev–Trinajstić information content (AvgIpc) is 2.05. The molecule has 58 valence electrons. The Hall–Kier alpha value is -1.65. The molecule has 0 spiro atoms. The molecular formula is C6H6N2O3. The number of rotatable bonds is 2. The van der Waals surface area contributed by atoms with Crippen molar-refractivity contribution < 1.29 is 14.6 Å². The van der Waals surface area contributed by atoms with Gasteiger partial charge >= 0.3 is 12.0 Å². The second kappa shape index (κ2) is 2.96. The van der Waals surface area contributed by atoms with E-state index in [1.54, 1.807) is 0 Å². The summed E-state index contributed by atoms with van der Waals surface area (Å²) in [5.41, 5.74) is 0.0470. The van der Waals surface area contributed by atoms with Gasteiger partial charge in [0.2, 0.25) is 0 Å². The summed E-state index contributed by atoms with van der Waals surface area (Å²) in [6.45, 7) is 0. The Kier molecular flexibility index (Phi) is 2.00. The first-order chi connectivity index (χ1) is 5.24. The van der Waals surface area contributed by atoms with Crippen LogP contribution in [0.1, 0.15) is 10.4 Å². The first-order valence-electron chi connectivity index (χ1n) is 2.83. The minimum absolute atomic E-state index is 0.0470. The molecule has 0 saturated heterocycles. The van der Waals surface area contributed by atoms with Crippen molar-refractivity contribution in [2.24, 2.45) is 0 Å². The zero-order chi connectivity index (χ0) is 8.27. The van der Waals surface area contributed by atoms with Gasteiger partial charge in [0.15, 0.2) is 0 Å². The van der Waals surface area contributed by atoms with E-state index in [9.17, 15) is 4.79 Å². The summed E-state index contributed by atoms with van der Waals surface area (Å²) in [4.78, 5) is 17.5. The van der Waals surface area contributed by atoms with E-state index in [4.69, 9.17) is 5.11 Å². The van der Waals surface area contributed by atoms with E-state index in [0.29, 0.717) is 0 Å². The van der Waals surface area contributed by atoms with Crippen molar-refractivity contribution >= 4 is 5.97 Å². The van der Waals surface area contributed by atoms with Crippen LogP contribution in [-0.4, -0.2) is 28.2 Å². The molecule has 1 heterocycles. The van der Waals surface area contributed by atoms with Crippen LogP contribution in [0.25, 0.3) is 0 Å². The van der Waals surface area contributed by atoms with E-state index in [1.807, 2.05) is 0 Å². The number of nitrogens with zero attached hydrogens (tertiary/aromatic N) is 2. The molecule has 0 fully saturated rings. The summed E-state index contributed by atoms with van der Waals surface area (Å²) in [5.74, 6) is -1.05. The molecule has 0 aliphatic heterocycles. The zero-order valence-electron chi connectivity index (χ0n) is 5.81. The average molecular weight is 156 g/mol. The van der Waals surface area contributed by atoms with Gasteiger partial charge in [-0.25, -0.2) is 14.8 Å². The van der Waals surface area contributed by atoms with Crippen LogP contribution >= 0.6 is 0 Å². The molecule has 5 heteroatoms. The normalized spacial score (nSPS) is 9.18. The highest BCUT2D eigenvalue weighted by Crippen LogP contribution is 2.00. The van der Waals surface area contributed by atoms with Crippen molar-refractivity contribution in [1.29, 1.82) is 0 Å². The van der Waals surface area contributed by atoms with Crippen molar-refractivity contribution in [2.75, 3.05) is 7.11 Å². The Morgan fingerprint density at radius 1 is 1.64 bits per heavy atom. The quantitative estimate of drug-likeness (QED) is 0.661. The maximum absolute atomic E-state index is 10.3. The molecule has 0 radical (unpaired) electrons. The number of carboxylic acid groups (broad SMARTS) is 1. The molecule has 1 aromatic heterocycles. The summed E-state index contributed by atoms with van der Waals surface area (Å²) >= 11 is 0. The molecule has 5 nitrogen and oxygen atoms in total. The molecule has 1 rings (SSSR count). The smallest absolute Gasteiger partial charge is 0.338 e. The number of ether oxygens (including phenoxy) is 1. The Morgan fingerprint density at radius 3 is 2.55 bits per heavy atom. The summed E-state index contributed by atoms with van der Waals surface area (Å²) in [5, 5.41) is 8.43. The molecule has 0 amide bonds. The lowest BCUT2D eigenvalue weighted by atomic mass is 10.4. The van der Waals surface area contributed by atoms with Crippen molar-refractivity contribution in [3.8, 4) is 6.01 Å². The third-order valence-corrected chi connectivity index (χ3v) is 1.06. The van der Waals surface area contributed by atoms with Gasteiger partial charge in [0, 0.05) is 12.4 Å². The molecule has 0 aromatic carbocycles. The van der Waals surface area contributed by atoms with Crippen LogP contribution in [0.2, 0.25) is 0 Å². The lowest BCUT2D eigenvalue weighted by Crippen LogP contribution is -1.99. The number of carbonyl (C=O) groups is 1. The number of carboxylic acids is 1. The van der Waals surface area contributed by atoms with Crippen molar-refractivity contribution in [2.45, 2.75) is 0 Å². The van der Waals surface area contributed by atoms with Gasteiger partial charge in [-0.15, -0.1) is 0 Å². The summed E-state index contributed by atoms with van der Waals surface area (Å²) in [7, 11) is 1.41. The maximum Gasteiger partial charge on any atom is 0.338 e. The van der Waals surface area contributed by atoms with E-state index < -0.39 is 5.97 Å². The van der Waals surface area contributed by atoms with Crippen LogP contribution in [-0.2, 0) is 0 Å². The lowest BCUT2D eigenvalue weighted by Gasteiger charge is -1.95. The number of hydrogen-bond acceptors (Lipinski definition) is 4. The monoisotopic (exact) mass is 156 g/mol. The molecule has 0 atom stereocenters. The fourth-order valence-corrected chi connectivity index (χ4v) is 0.532. The molecule has 1 aromatic rings. The molecule has 1 N–H and O–H groups in total. The third-order valence-electron chi connectivity index (χ3n) is 1.06. The first kappa shape index (κ1) is 7.46. The second-order valence-corrected chi connectivity index (χ2v) is 1.76. The van der Waals surface area contributed by atoms with Crippen LogP contribution in [0.5, 0.6) is 6.01 Å². The third kappa shape index (κ3) is 1.64. The van der Waals surface area contributed by atoms with E-state index in [0.717, 1.165) is 0 Å². The number of aromatic carboxylic acids is 1. The molecular weight excluding hydrogens is 150 g/mol. The topological polar surface area (TPSA) is 72.3 Å². The van der Waals surface area contributed by atoms with Crippen LogP contribution in [0, 0.1) is 0 Å². The first-order valence-corrected chi connectivity index (χ1v) is 2.83. The zero-order valence-corrected chi connectivity index (χ0v) is 5.81. The Bertz CT molecular complexity index is 257. The largest absolute Gasteiger partial charge is 0.478 e. The minimum Gasteiger partial charge on any atom is -0.478 e. The molecule has 0 aliphatic carbocycles. The van der Waals surface area contributed by atoms with E-state index in [-0.39, 0.29) is 11.6 Å². The van der Waals surface area contributed by atoms with Crippen LogP contribution in [0.15, 0.2) is 12.4 Å². The van der Waals surface area contributed by atoms with E-state index in [2.05, 4.69) is 14.7 Å². The Morgan fingerprint density at radius 2 is 2.18 bits per heavy atom. The Labute approximate surface area is 62.7 Å². The molecule has 0 aliphatic rings. The number of aromatic nitrogens is 2. The molecule has 0 saturated carbocycles. The van der Waals surface area contributed by atoms with Gasteiger partial charge in [-0.05, 0) is 0 Å². The fourth-order valence-electron chi connectivity index (χ4n) is 0.532. The van der Waals surface area contributed by atoms with Crippen LogP contribution < -0.4 is 4.74 Å². The standard InChI is InChI=1S/C6H6N2O3/c1-11-6-7-2-4(3-8-6)5(9)10/h2-3H,1H3,(H,9,10)/i6+2. The van der Waals surface area contributed by atoms with Gasteiger partial charge in [0.25, 0.3) is 0 Å². The van der Waals surface area contributed by atoms with Gasteiger partial charge in [-0.1, -0.05) is 0 Å². The van der Waals surface area contributed by atoms with Gasteiger partial charge in [0.05, 0.1) is 12.7 Å². The van der Waals surface area contributed by atoms with Crippen molar-refractivity contribution in [3.05, 3.63) is 18.0 Å². The predicted molar refractivity (Wildman–Crippen MR) is 35.5 cm³/mol. The highest BCUT2D eigenvalue weighted by molar-refractivity contribution is 5.86. The number of hydrogen-bond donors (Lipinski definition) is 1. The van der Waals surface area contributed by atoms with Gasteiger partial charge < -0.3 is 9.84 Å². The van der Waals surface area contributed by atoms with Crippen molar-refractivity contribution in [3.63, 3.8) is 0 Å². The van der Waals surface area contributed by atoms with Crippen LogP contribution in [0.4, 0.5) is 0 Å². The van der Waals surface area contributed by atoms with Crippen LogP contribution in [0.3, 0.4) is 0 Å². The summed E-state index contributed by atoms with van der Waals surface area (Å²) in [6.07, 6.45) is 2.38. The van der Waals surface area contributed by atoms with Gasteiger partial charge in [-0.2, -0.15) is 0 Å².